The minimum absolute atomic E-state index is 0.0670. The molecule has 5 rings (SSSR count). The van der Waals surface area contributed by atoms with E-state index in [0.717, 1.165) is 5.65 Å². The minimum atomic E-state index is -0.521. The molecule has 3 heterocycles. The van der Waals surface area contributed by atoms with Crippen LogP contribution >= 0.6 is 0 Å². The van der Waals surface area contributed by atoms with E-state index < -0.39 is 11.8 Å². The minimum Gasteiger partial charge on any atom is -0.488 e. The lowest BCUT2D eigenvalue weighted by Crippen LogP contribution is -2.16. The fourth-order valence-corrected chi connectivity index (χ4v) is 3.53. The van der Waals surface area contributed by atoms with Crippen molar-refractivity contribution in [3.05, 3.63) is 59.2 Å². The molecule has 6 heteroatoms. The summed E-state index contributed by atoms with van der Waals surface area (Å²) >= 11 is 0. The Kier molecular flexibility index (Phi) is 3.53. The second kappa shape index (κ2) is 5.94. The van der Waals surface area contributed by atoms with Crippen molar-refractivity contribution in [2.24, 2.45) is 0 Å². The molecule has 3 aromatic rings. The summed E-state index contributed by atoms with van der Waals surface area (Å²) in [7, 11) is 1.29. The molecule has 2 aromatic heterocycles. The van der Waals surface area contributed by atoms with Crippen molar-refractivity contribution < 1.29 is 18.7 Å². The highest BCUT2D eigenvalue weighted by atomic mass is 19.1. The van der Waals surface area contributed by atoms with Crippen molar-refractivity contribution in [2.75, 3.05) is 13.7 Å². The number of carbonyl (C=O) groups excluding carboxylic acids is 1. The van der Waals surface area contributed by atoms with E-state index >= 15 is 4.39 Å². The van der Waals surface area contributed by atoms with Crippen molar-refractivity contribution in [3.8, 4) is 17.0 Å². The number of aromatic nitrogens is 2. The van der Waals surface area contributed by atoms with Crippen LogP contribution in [0.5, 0.6) is 5.75 Å². The molecule has 0 saturated heterocycles. The van der Waals surface area contributed by atoms with Gasteiger partial charge in [-0.1, -0.05) is 6.07 Å². The summed E-state index contributed by atoms with van der Waals surface area (Å²) in [6.07, 6.45) is 7.60. The first-order valence-electron chi connectivity index (χ1n) is 8.88. The molecule has 1 aliphatic carbocycles. The first kappa shape index (κ1) is 16.1. The molecule has 27 heavy (non-hydrogen) atoms. The molecule has 0 bridgehead atoms. The van der Waals surface area contributed by atoms with E-state index in [1.807, 2.05) is 22.9 Å². The summed E-state index contributed by atoms with van der Waals surface area (Å²) in [5.74, 6) is -0.0140. The van der Waals surface area contributed by atoms with Crippen LogP contribution in [0.3, 0.4) is 0 Å². The van der Waals surface area contributed by atoms with Gasteiger partial charge in [0.25, 0.3) is 0 Å². The molecule has 0 N–H and O–H groups in total. The summed E-state index contributed by atoms with van der Waals surface area (Å²) < 4.78 is 27.4. The summed E-state index contributed by atoms with van der Waals surface area (Å²) in [6.45, 7) is 0.0670. The van der Waals surface area contributed by atoms with Crippen molar-refractivity contribution in [1.82, 2.24) is 9.38 Å². The first-order chi connectivity index (χ1) is 13.2. The molecular formula is C21H17FN2O3. The molecule has 1 fully saturated rings. The maximum absolute atomic E-state index is 15.3. The Labute approximate surface area is 155 Å². The Morgan fingerprint density at radius 2 is 2.19 bits per heavy atom. The molecule has 0 atom stereocenters. The van der Waals surface area contributed by atoms with Gasteiger partial charge in [0.05, 0.1) is 23.9 Å². The van der Waals surface area contributed by atoms with Gasteiger partial charge >= 0.3 is 5.97 Å². The van der Waals surface area contributed by atoms with Crippen LogP contribution in [0, 0.1) is 5.82 Å². The van der Waals surface area contributed by atoms with Crippen LogP contribution in [0.25, 0.3) is 23.0 Å². The maximum Gasteiger partial charge on any atom is 0.337 e. The smallest absolute Gasteiger partial charge is 0.337 e. The molecule has 0 spiro atoms. The molecule has 2 aliphatic rings. The van der Waals surface area contributed by atoms with Gasteiger partial charge in [-0.15, -0.1) is 0 Å². The number of ether oxygens (including phenoxy) is 2. The lowest BCUT2D eigenvalue weighted by atomic mass is 10.0. The largest absolute Gasteiger partial charge is 0.488 e. The molecule has 0 radical (unpaired) electrons. The lowest BCUT2D eigenvalue weighted by molar-refractivity contribution is -0.136. The van der Waals surface area contributed by atoms with Crippen molar-refractivity contribution in [2.45, 2.75) is 18.8 Å². The highest BCUT2D eigenvalue weighted by Crippen LogP contribution is 2.42. The molecule has 136 valence electrons. The number of halogens is 1. The van der Waals surface area contributed by atoms with Gasteiger partial charge in [0.1, 0.15) is 23.8 Å². The number of imidazole rings is 1. The van der Waals surface area contributed by atoms with Crippen molar-refractivity contribution in [1.29, 1.82) is 0 Å². The van der Waals surface area contributed by atoms with E-state index in [4.69, 9.17) is 14.5 Å². The van der Waals surface area contributed by atoms with E-state index in [1.165, 1.54) is 31.6 Å². The van der Waals surface area contributed by atoms with E-state index in [-0.39, 0.29) is 17.7 Å². The zero-order valence-electron chi connectivity index (χ0n) is 14.7. The number of carbonyl (C=O) groups is 1. The van der Waals surface area contributed by atoms with Gasteiger partial charge in [0.15, 0.2) is 0 Å². The Morgan fingerprint density at radius 3 is 2.96 bits per heavy atom. The predicted octanol–water partition coefficient (Wildman–Crippen LogP) is 3.97. The van der Waals surface area contributed by atoms with Crippen molar-refractivity contribution >= 4 is 17.7 Å². The number of hydrogen-bond donors (Lipinski definition) is 0. The van der Waals surface area contributed by atoms with Gasteiger partial charge in [-0.25, -0.2) is 14.2 Å². The van der Waals surface area contributed by atoms with Gasteiger partial charge in [-0.3, -0.25) is 0 Å². The topological polar surface area (TPSA) is 52.8 Å². The predicted molar refractivity (Wildman–Crippen MR) is 98.0 cm³/mol. The standard InChI is InChI=1S/C21H17FN2O3/c1-26-21(25)13-9-16-18(27-11-13)7-6-15(19(16)22)17-10-24-8-2-3-14(12-4-5-12)20(24)23-17/h2-3,6-10,12H,4-5,11H2,1H3. The van der Waals surface area contributed by atoms with Crippen LogP contribution < -0.4 is 4.74 Å². The number of esters is 1. The van der Waals surface area contributed by atoms with E-state index in [2.05, 4.69) is 6.07 Å². The summed E-state index contributed by atoms with van der Waals surface area (Å²) in [5.41, 5.74) is 3.55. The van der Waals surface area contributed by atoms with Crippen LogP contribution in [-0.2, 0) is 9.53 Å². The van der Waals surface area contributed by atoms with Gasteiger partial charge < -0.3 is 13.9 Å². The van der Waals surface area contributed by atoms with Crippen LogP contribution in [0.2, 0.25) is 0 Å². The molecule has 0 unspecified atom stereocenters. The van der Waals surface area contributed by atoms with Crippen LogP contribution in [0.4, 0.5) is 4.39 Å². The fourth-order valence-electron chi connectivity index (χ4n) is 3.53. The molecule has 5 nitrogen and oxygen atoms in total. The van der Waals surface area contributed by atoms with E-state index in [9.17, 15) is 4.79 Å². The number of nitrogens with zero attached hydrogens (tertiary/aromatic N) is 2. The Bertz CT molecular complexity index is 1110. The Balaban J connectivity index is 1.63. The summed E-state index contributed by atoms with van der Waals surface area (Å²) in [5, 5.41) is 0. The van der Waals surface area contributed by atoms with Gasteiger partial charge in [0.2, 0.25) is 0 Å². The van der Waals surface area contributed by atoms with E-state index in [0.29, 0.717) is 22.9 Å². The third-order valence-electron chi connectivity index (χ3n) is 5.10. The van der Waals surface area contributed by atoms with E-state index in [1.54, 1.807) is 12.1 Å². The van der Waals surface area contributed by atoms with Gasteiger partial charge in [-0.2, -0.15) is 0 Å². The number of rotatable bonds is 3. The zero-order valence-corrected chi connectivity index (χ0v) is 14.7. The average molecular weight is 364 g/mol. The number of hydrogen-bond acceptors (Lipinski definition) is 4. The first-order valence-corrected chi connectivity index (χ1v) is 8.88. The number of fused-ring (bicyclic) bond motifs is 2. The number of benzene rings is 1. The molecule has 0 amide bonds. The highest BCUT2D eigenvalue weighted by Gasteiger charge is 2.27. The maximum atomic E-state index is 15.3. The SMILES string of the molecule is COC(=O)C1=Cc2c(ccc(-c3cn4cccc(C5CC5)c4n3)c2F)OC1. The molecule has 1 aromatic carbocycles. The highest BCUT2D eigenvalue weighted by molar-refractivity contribution is 5.95. The molecular weight excluding hydrogens is 347 g/mol. The quantitative estimate of drug-likeness (QED) is 0.660. The van der Waals surface area contributed by atoms with Crippen LogP contribution in [0.15, 0.2) is 42.2 Å². The normalized spacial score (nSPS) is 15.9. The Hall–Kier alpha value is -3.15. The summed E-state index contributed by atoms with van der Waals surface area (Å²) in [6, 6.07) is 7.47. The Morgan fingerprint density at radius 1 is 1.33 bits per heavy atom. The van der Waals surface area contributed by atoms with Gasteiger partial charge in [0, 0.05) is 18.0 Å². The monoisotopic (exact) mass is 364 g/mol. The third-order valence-corrected chi connectivity index (χ3v) is 5.10. The molecule has 1 saturated carbocycles. The lowest BCUT2D eigenvalue weighted by Gasteiger charge is -2.18. The summed E-state index contributed by atoms with van der Waals surface area (Å²) in [4.78, 5) is 16.5. The third kappa shape index (κ3) is 2.60. The zero-order chi connectivity index (χ0) is 18.5. The second-order valence-corrected chi connectivity index (χ2v) is 6.88. The second-order valence-electron chi connectivity index (χ2n) is 6.88. The number of methoxy groups -OCH3 is 1. The average Bonchev–Trinajstić information content (AvgIpc) is 3.45. The number of pyridine rings is 1. The fraction of sp³-hybridized carbons (Fsp3) is 0.238. The molecule has 1 aliphatic heterocycles. The van der Waals surface area contributed by atoms with Crippen molar-refractivity contribution in [3.63, 3.8) is 0 Å². The van der Waals surface area contributed by atoms with Gasteiger partial charge in [-0.05, 0) is 48.6 Å². The van der Waals surface area contributed by atoms with Crippen LogP contribution in [-0.4, -0.2) is 29.1 Å². The van der Waals surface area contributed by atoms with Crippen LogP contribution in [0.1, 0.15) is 29.9 Å².